The van der Waals surface area contributed by atoms with Crippen molar-refractivity contribution in [2.75, 3.05) is 12.4 Å². The minimum absolute atomic E-state index is 0.0810. The number of aromatic amines is 1. The van der Waals surface area contributed by atoms with Gasteiger partial charge in [0.15, 0.2) is 11.6 Å². The molecule has 4 rings (SSSR count). The third-order valence-corrected chi connectivity index (χ3v) is 4.50. The van der Waals surface area contributed by atoms with E-state index >= 15 is 0 Å². The van der Waals surface area contributed by atoms with Gasteiger partial charge in [-0.3, -0.25) is 4.79 Å². The molecule has 0 atom stereocenters. The van der Waals surface area contributed by atoms with Crippen LogP contribution in [0.3, 0.4) is 0 Å². The predicted molar refractivity (Wildman–Crippen MR) is 118 cm³/mol. The third-order valence-electron chi connectivity index (χ3n) is 4.50. The molecule has 0 bridgehead atoms. The van der Waals surface area contributed by atoms with Gasteiger partial charge in [0.1, 0.15) is 0 Å². The molecule has 0 fully saturated rings. The Morgan fingerprint density at radius 2 is 2.06 bits per heavy atom. The van der Waals surface area contributed by atoms with Crippen LogP contribution < -0.4 is 15.4 Å². The molecule has 3 N–H and O–H groups in total. The van der Waals surface area contributed by atoms with E-state index in [9.17, 15) is 9.18 Å². The molecule has 4 aromatic rings. The summed E-state index contributed by atoms with van der Waals surface area (Å²) in [4.78, 5) is 23.0. The Hall–Kier alpha value is -4.20. The summed E-state index contributed by atoms with van der Waals surface area (Å²) >= 11 is 0. The number of benzene rings is 2. The molecule has 2 aromatic heterocycles. The van der Waals surface area contributed by atoms with Crippen LogP contribution in [-0.4, -0.2) is 27.9 Å². The SMILES string of the molecule is CNC(=O)C=Cc1cccc(Nc2nccc(Oc3ccc4[nH]c(C)cc4c3F)n2)c1. The molecular formula is C23H20FN5O2. The van der Waals surface area contributed by atoms with Crippen LogP contribution in [0.4, 0.5) is 16.0 Å². The number of halogens is 1. The van der Waals surface area contributed by atoms with E-state index in [0.29, 0.717) is 16.9 Å². The van der Waals surface area contributed by atoms with Gasteiger partial charge in [0.05, 0.1) is 0 Å². The van der Waals surface area contributed by atoms with Gasteiger partial charge in [0.25, 0.3) is 0 Å². The third kappa shape index (κ3) is 4.69. The predicted octanol–water partition coefficient (Wildman–Crippen LogP) is 4.70. The fourth-order valence-corrected chi connectivity index (χ4v) is 3.04. The number of likely N-dealkylation sites (N-methyl/N-ethyl adjacent to an activating group) is 1. The highest BCUT2D eigenvalue weighted by Gasteiger charge is 2.12. The zero-order valence-electron chi connectivity index (χ0n) is 16.9. The Bertz CT molecular complexity index is 1280. The lowest BCUT2D eigenvalue weighted by atomic mass is 10.2. The van der Waals surface area contributed by atoms with Gasteiger partial charge in [0.2, 0.25) is 17.7 Å². The first-order valence-electron chi connectivity index (χ1n) is 9.57. The van der Waals surface area contributed by atoms with Crippen molar-refractivity contribution in [3.63, 3.8) is 0 Å². The number of fused-ring (bicyclic) bond motifs is 1. The Morgan fingerprint density at radius 1 is 1.19 bits per heavy atom. The highest BCUT2D eigenvalue weighted by Crippen LogP contribution is 2.30. The molecule has 0 radical (unpaired) electrons. The molecule has 0 saturated carbocycles. The summed E-state index contributed by atoms with van der Waals surface area (Å²) in [5.41, 5.74) is 3.13. The van der Waals surface area contributed by atoms with Crippen LogP contribution in [0.2, 0.25) is 0 Å². The standard InChI is InChI=1S/C23H20FN5O2/c1-14-12-17-18(27-14)7-8-19(22(17)24)31-21-10-11-26-23(29-21)28-16-5-3-4-15(13-16)6-9-20(30)25-2/h3-13,27H,1-2H3,(H,25,30)(H,26,28,29). The number of carbonyl (C=O) groups is 1. The van der Waals surface area contributed by atoms with E-state index in [-0.39, 0.29) is 17.5 Å². The van der Waals surface area contributed by atoms with Crippen molar-refractivity contribution in [3.05, 3.63) is 77.9 Å². The molecule has 0 unspecified atom stereocenters. The summed E-state index contributed by atoms with van der Waals surface area (Å²) in [7, 11) is 1.57. The molecule has 7 nitrogen and oxygen atoms in total. The molecule has 8 heteroatoms. The molecule has 0 spiro atoms. The van der Waals surface area contributed by atoms with Crippen molar-refractivity contribution < 1.29 is 13.9 Å². The van der Waals surface area contributed by atoms with E-state index < -0.39 is 5.82 Å². The number of H-pyrrole nitrogens is 1. The number of amides is 1. The monoisotopic (exact) mass is 417 g/mol. The Morgan fingerprint density at radius 3 is 2.90 bits per heavy atom. The van der Waals surface area contributed by atoms with E-state index in [1.54, 1.807) is 37.4 Å². The van der Waals surface area contributed by atoms with Gasteiger partial charge in [-0.05, 0) is 48.9 Å². The average molecular weight is 417 g/mol. The first kappa shape index (κ1) is 20.1. The second kappa shape index (κ2) is 8.66. The van der Waals surface area contributed by atoms with Crippen LogP contribution in [0, 0.1) is 12.7 Å². The lowest BCUT2D eigenvalue weighted by Crippen LogP contribution is -2.13. The summed E-state index contributed by atoms with van der Waals surface area (Å²) in [6.07, 6.45) is 4.67. The van der Waals surface area contributed by atoms with E-state index in [4.69, 9.17) is 4.74 Å². The Labute approximate surface area is 178 Å². The zero-order chi connectivity index (χ0) is 21.8. The summed E-state index contributed by atoms with van der Waals surface area (Å²) in [6.45, 7) is 1.87. The van der Waals surface area contributed by atoms with Crippen LogP contribution in [0.5, 0.6) is 11.6 Å². The largest absolute Gasteiger partial charge is 0.436 e. The number of rotatable bonds is 6. The van der Waals surface area contributed by atoms with Gasteiger partial charge >= 0.3 is 0 Å². The highest BCUT2D eigenvalue weighted by molar-refractivity contribution is 5.91. The topological polar surface area (TPSA) is 91.9 Å². The number of anilines is 2. The Kier molecular flexibility index (Phi) is 5.61. The van der Waals surface area contributed by atoms with Crippen molar-refractivity contribution >= 4 is 34.5 Å². The number of nitrogens with zero attached hydrogens (tertiary/aromatic N) is 2. The minimum atomic E-state index is -0.453. The number of hydrogen-bond acceptors (Lipinski definition) is 5. The molecule has 156 valence electrons. The van der Waals surface area contributed by atoms with Gasteiger partial charge in [-0.1, -0.05) is 12.1 Å². The van der Waals surface area contributed by atoms with Crippen LogP contribution in [0.15, 0.2) is 60.8 Å². The second-order valence-electron chi connectivity index (χ2n) is 6.81. The second-order valence-corrected chi connectivity index (χ2v) is 6.81. The lowest BCUT2D eigenvalue weighted by Gasteiger charge is -2.09. The summed E-state index contributed by atoms with van der Waals surface area (Å²) in [5, 5.41) is 6.07. The molecule has 0 saturated heterocycles. The number of nitrogens with one attached hydrogen (secondary N) is 3. The van der Waals surface area contributed by atoms with Crippen LogP contribution in [0.25, 0.3) is 17.0 Å². The number of ether oxygens (including phenoxy) is 1. The molecule has 0 aliphatic heterocycles. The van der Waals surface area contributed by atoms with E-state index in [2.05, 4.69) is 25.6 Å². The van der Waals surface area contributed by atoms with E-state index in [0.717, 1.165) is 16.9 Å². The first-order chi connectivity index (χ1) is 15.0. The van der Waals surface area contributed by atoms with Crippen LogP contribution in [-0.2, 0) is 4.79 Å². The molecule has 0 aliphatic rings. The lowest BCUT2D eigenvalue weighted by molar-refractivity contribution is -0.115. The zero-order valence-corrected chi connectivity index (χ0v) is 16.9. The normalized spacial score (nSPS) is 11.1. The van der Waals surface area contributed by atoms with Crippen molar-refractivity contribution in [3.8, 4) is 11.6 Å². The molecular weight excluding hydrogens is 397 g/mol. The van der Waals surface area contributed by atoms with Gasteiger partial charge < -0.3 is 20.4 Å². The highest BCUT2D eigenvalue weighted by atomic mass is 19.1. The van der Waals surface area contributed by atoms with E-state index in [1.807, 2.05) is 31.2 Å². The molecule has 1 amide bonds. The number of hydrogen-bond donors (Lipinski definition) is 3. The van der Waals surface area contributed by atoms with Crippen molar-refractivity contribution in [1.29, 1.82) is 0 Å². The maximum atomic E-state index is 14.8. The van der Waals surface area contributed by atoms with Gasteiger partial charge in [-0.25, -0.2) is 9.37 Å². The van der Waals surface area contributed by atoms with Crippen molar-refractivity contribution in [2.24, 2.45) is 0 Å². The number of aryl methyl sites for hydroxylation is 1. The molecule has 0 aliphatic carbocycles. The van der Waals surface area contributed by atoms with Gasteiger partial charge in [-0.15, -0.1) is 0 Å². The minimum Gasteiger partial charge on any atom is -0.436 e. The molecule has 2 heterocycles. The number of carbonyl (C=O) groups excluding carboxylic acids is 1. The van der Waals surface area contributed by atoms with Crippen molar-refractivity contribution in [2.45, 2.75) is 6.92 Å². The average Bonchev–Trinajstić information content (AvgIpc) is 3.16. The Balaban J connectivity index is 1.52. The maximum absolute atomic E-state index is 14.8. The van der Waals surface area contributed by atoms with Gasteiger partial charge in [-0.2, -0.15) is 4.98 Å². The quantitative estimate of drug-likeness (QED) is 0.396. The maximum Gasteiger partial charge on any atom is 0.243 e. The fourth-order valence-electron chi connectivity index (χ4n) is 3.04. The van der Waals surface area contributed by atoms with Crippen LogP contribution in [0.1, 0.15) is 11.3 Å². The van der Waals surface area contributed by atoms with E-state index in [1.165, 1.54) is 12.3 Å². The molecule has 31 heavy (non-hydrogen) atoms. The molecule has 2 aromatic carbocycles. The number of aromatic nitrogens is 3. The van der Waals surface area contributed by atoms with Crippen LogP contribution >= 0.6 is 0 Å². The summed E-state index contributed by atoms with van der Waals surface area (Å²) < 4.78 is 20.4. The summed E-state index contributed by atoms with van der Waals surface area (Å²) in [5.74, 6) is -0.0580. The van der Waals surface area contributed by atoms with Crippen molar-refractivity contribution in [1.82, 2.24) is 20.3 Å². The summed E-state index contributed by atoms with van der Waals surface area (Å²) in [6, 6.07) is 14.0. The first-order valence-corrected chi connectivity index (χ1v) is 9.57. The van der Waals surface area contributed by atoms with Gasteiger partial charge in [0, 0.05) is 47.7 Å². The fraction of sp³-hybridized carbons (Fsp3) is 0.0870. The smallest absolute Gasteiger partial charge is 0.243 e.